The molecule has 1 aromatic carbocycles. The second-order valence-electron chi connectivity index (χ2n) is 4.34. The zero-order valence-electron chi connectivity index (χ0n) is 11.1. The quantitative estimate of drug-likeness (QED) is 0.884. The van der Waals surface area contributed by atoms with Crippen LogP contribution in [0.1, 0.15) is 18.5 Å². The number of nitrogens with zero attached hydrogens (tertiary/aromatic N) is 2. The highest BCUT2D eigenvalue weighted by Crippen LogP contribution is 2.27. The van der Waals surface area contributed by atoms with E-state index in [9.17, 15) is 0 Å². The van der Waals surface area contributed by atoms with Crippen molar-refractivity contribution < 1.29 is 4.74 Å². The largest absolute Gasteiger partial charge is 0.495 e. The van der Waals surface area contributed by atoms with Gasteiger partial charge in [-0.05, 0) is 30.7 Å². The molecule has 1 atom stereocenters. The van der Waals surface area contributed by atoms with Crippen LogP contribution in [0.15, 0.2) is 36.7 Å². The van der Waals surface area contributed by atoms with Crippen LogP contribution in [0.2, 0.25) is 5.02 Å². The summed E-state index contributed by atoms with van der Waals surface area (Å²) in [6, 6.07) is 8.01. The molecular weight excluding hydrogens is 262 g/mol. The third kappa shape index (κ3) is 3.72. The molecule has 1 heterocycles. The molecule has 0 aliphatic rings. The van der Waals surface area contributed by atoms with Crippen LogP contribution in [-0.2, 0) is 6.54 Å². The average molecular weight is 280 g/mol. The van der Waals surface area contributed by atoms with E-state index in [0.29, 0.717) is 10.8 Å². The van der Waals surface area contributed by atoms with Crippen molar-refractivity contribution in [3.63, 3.8) is 0 Å². The monoisotopic (exact) mass is 279 g/mol. The summed E-state index contributed by atoms with van der Waals surface area (Å²) >= 11 is 6.12. The molecule has 0 unspecified atom stereocenters. The maximum atomic E-state index is 6.12. The first-order valence-corrected chi connectivity index (χ1v) is 6.62. The van der Waals surface area contributed by atoms with Gasteiger partial charge in [-0.2, -0.15) is 5.10 Å². The number of nitrogens with one attached hydrogen (secondary N) is 1. The molecule has 102 valence electrons. The summed E-state index contributed by atoms with van der Waals surface area (Å²) in [4.78, 5) is 0. The van der Waals surface area contributed by atoms with Crippen molar-refractivity contribution in [1.29, 1.82) is 0 Å². The van der Waals surface area contributed by atoms with Crippen molar-refractivity contribution in [2.75, 3.05) is 13.7 Å². The van der Waals surface area contributed by atoms with Gasteiger partial charge in [-0.25, -0.2) is 0 Å². The van der Waals surface area contributed by atoms with Gasteiger partial charge in [0.1, 0.15) is 5.75 Å². The van der Waals surface area contributed by atoms with Crippen LogP contribution in [0.4, 0.5) is 0 Å². The predicted molar refractivity (Wildman–Crippen MR) is 76.6 cm³/mol. The van der Waals surface area contributed by atoms with Gasteiger partial charge in [0.2, 0.25) is 0 Å². The molecular formula is C14H18ClN3O. The van der Waals surface area contributed by atoms with Gasteiger partial charge in [0.15, 0.2) is 0 Å². The van der Waals surface area contributed by atoms with E-state index in [1.54, 1.807) is 13.3 Å². The molecule has 4 nitrogen and oxygen atoms in total. The third-order valence-corrected chi connectivity index (χ3v) is 3.32. The third-order valence-electron chi connectivity index (χ3n) is 3.03. The van der Waals surface area contributed by atoms with Crippen LogP contribution >= 0.6 is 11.6 Å². The van der Waals surface area contributed by atoms with Crippen LogP contribution in [0.3, 0.4) is 0 Å². The maximum Gasteiger partial charge on any atom is 0.137 e. The minimum absolute atomic E-state index is 0.235. The molecule has 2 rings (SSSR count). The molecule has 0 aliphatic heterocycles. The number of halogens is 1. The summed E-state index contributed by atoms with van der Waals surface area (Å²) in [7, 11) is 1.62. The summed E-state index contributed by atoms with van der Waals surface area (Å²) < 4.78 is 7.05. The minimum Gasteiger partial charge on any atom is -0.495 e. The van der Waals surface area contributed by atoms with Crippen LogP contribution in [0.25, 0.3) is 0 Å². The number of hydrogen-bond acceptors (Lipinski definition) is 3. The molecule has 0 amide bonds. The van der Waals surface area contributed by atoms with Crippen molar-refractivity contribution in [2.24, 2.45) is 0 Å². The molecule has 0 aliphatic carbocycles. The second-order valence-corrected chi connectivity index (χ2v) is 4.75. The van der Waals surface area contributed by atoms with Crippen molar-refractivity contribution in [1.82, 2.24) is 15.1 Å². The first-order valence-electron chi connectivity index (χ1n) is 6.25. The van der Waals surface area contributed by atoms with E-state index in [4.69, 9.17) is 16.3 Å². The molecule has 0 saturated carbocycles. The number of methoxy groups -OCH3 is 1. The molecule has 0 fully saturated rings. The Morgan fingerprint density at radius 2 is 2.32 bits per heavy atom. The fourth-order valence-electron chi connectivity index (χ4n) is 1.90. The Morgan fingerprint density at radius 3 is 2.95 bits per heavy atom. The van der Waals surface area contributed by atoms with Crippen molar-refractivity contribution >= 4 is 11.6 Å². The standard InChI is InChI=1S/C14H18ClN3O/c1-11(16-7-9-18-8-3-6-17-18)12-4-5-14(19-2)13(15)10-12/h3-6,8,10-11,16H,7,9H2,1-2H3/t11-/m1/s1. The van der Waals surface area contributed by atoms with E-state index in [0.717, 1.165) is 18.7 Å². The summed E-state index contributed by atoms with van der Waals surface area (Å²) in [6.45, 7) is 3.81. The van der Waals surface area contributed by atoms with Gasteiger partial charge in [-0.1, -0.05) is 17.7 Å². The molecule has 0 radical (unpaired) electrons. The first kappa shape index (κ1) is 13.9. The molecule has 1 aromatic heterocycles. The molecule has 0 bridgehead atoms. The minimum atomic E-state index is 0.235. The summed E-state index contributed by atoms with van der Waals surface area (Å²) in [5, 5.41) is 8.24. The number of benzene rings is 1. The van der Waals surface area contributed by atoms with Gasteiger partial charge >= 0.3 is 0 Å². The fourth-order valence-corrected chi connectivity index (χ4v) is 2.16. The molecule has 0 saturated heterocycles. The zero-order chi connectivity index (χ0) is 13.7. The average Bonchev–Trinajstić information content (AvgIpc) is 2.91. The van der Waals surface area contributed by atoms with Gasteiger partial charge < -0.3 is 10.1 Å². The topological polar surface area (TPSA) is 39.1 Å². The van der Waals surface area contributed by atoms with E-state index in [1.165, 1.54) is 0 Å². The highest BCUT2D eigenvalue weighted by atomic mass is 35.5. The second kappa shape index (κ2) is 6.59. The lowest BCUT2D eigenvalue weighted by molar-refractivity contribution is 0.414. The summed E-state index contributed by atoms with van der Waals surface area (Å²) in [6.07, 6.45) is 3.74. The van der Waals surface area contributed by atoms with E-state index >= 15 is 0 Å². The highest BCUT2D eigenvalue weighted by molar-refractivity contribution is 6.32. The molecule has 5 heteroatoms. The SMILES string of the molecule is COc1ccc([C@@H](C)NCCn2cccn2)cc1Cl. The van der Waals surface area contributed by atoms with Gasteiger partial charge in [-0.15, -0.1) is 0 Å². The Hall–Kier alpha value is -1.52. The lowest BCUT2D eigenvalue weighted by atomic mass is 10.1. The lowest BCUT2D eigenvalue weighted by Gasteiger charge is -2.15. The smallest absolute Gasteiger partial charge is 0.137 e. The first-order chi connectivity index (χ1) is 9.20. The summed E-state index contributed by atoms with van der Waals surface area (Å²) in [5.74, 6) is 0.703. The zero-order valence-corrected chi connectivity index (χ0v) is 11.9. The molecule has 19 heavy (non-hydrogen) atoms. The maximum absolute atomic E-state index is 6.12. The highest BCUT2D eigenvalue weighted by Gasteiger charge is 2.08. The molecule has 0 spiro atoms. The lowest BCUT2D eigenvalue weighted by Crippen LogP contribution is -2.23. The Morgan fingerprint density at radius 1 is 1.47 bits per heavy atom. The number of hydrogen-bond donors (Lipinski definition) is 1. The number of aromatic nitrogens is 2. The van der Waals surface area contributed by atoms with Crippen LogP contribution in [-0.4, -0.2) is 23.4 Å². The molecule has 1 N–H and O–H groups in total. The van der Waals surface area contributed by atoms with E-state index in [-0.39, 0.29) is 6.04 Å². The van der Waals surface area contributed by atoms with Crippen LogP contribution in [0, 0.1) is 0 Å². The normalized spacial score (nSPS) is 12.4. The van der Waals surface area contributed by atoms with E-state index < -0.39 is 0 Å². The van der Waals surface area contributed by atoms with Crippen LogP contribution in [0.5, 0.6) is 5.75 Å². The Balaban J connectivity index is 1.88. The van der Waals surface area contributed by atoms with Crippen molar-refractivity contribution in [3.8, 4) is 5.75 Å². The van der Waals surface area contributed by atoms with Crippen molar-refractivity contribution in [2.45, 2.75) is 19.5 Å². The van der Waals surface area contributed by atoms with Crippen molar-refractivity contribution in [3.05, 3.63) is 47.2 Å². The number of rotatable bonds is 6. The van der Waals surface area contributed by atoms with Gasteiger partial charge in [0.25, 0.3) is 0 Å². The van der Waals surface area contributed by atoms with E-state index in [2.05, 4.69) is 17.3 Å². The Kier molecular flexibility index (Phi) is 4.82. The van der Waals surface area contributed by atoms with E-state index in [1.807, 2.05) is 35.1 Å². The van der Waals surface area contributed by atoms with Gasteiger partial charge in [0.05, 0.1) is 18.7 Å². The van der Waals surface area contributed by atoms with Gasteiger partial charge in [-0.3, -0.25) is 4.68 Å². The molecule has 2 aromatic rings. The Labute approximate surface area is 118 Å². The number of ether oxygens (including phenoxy) is 1. The van der Waals surface area contributed by atoms with Gasteiger partial charge in [0, 0.05) is 25.0 Å². The Bertz CT molecular complexity index is 513. The fraction of sp³-hybridized carbons (Fsp3) is 0.357. The summed E-state index contributed by atoms with van der Waals surface area (Å²) in [5.41, 5.74) is 1.14. The predicted octanol–water partition coefficient (Wildman–Crippen LogP) is 2.90. The van der Waals surface area contributed by atoms with Crippen LogP contribution < -0.4 is 10.1 Å².